The number of aliphatic hydroxyl groups excluding tert-OH is 2. The lowest BCUT2D eigenvalue weighted by Gasteiger charge is -2.49. The molecule has 4 fully saturated rings. The van der Waals surface area contributed by atoms with E-state index < -0.39 is 95.8 Å². The van der Waals surface area contributed by atoms with Gasteiger partial charge in [0.2, 0.25) is 0 Å². The van der Waals surface area contributed by atoms with Crippen LogP contribution in [0.2, 0.25) is 0 Å². The summed E-state index contributed by atoms with van der Waals surface area (Å²) in [6, 6.07) is 0.231. The second-order valence-electron chi connectivity index (χ2n) is 17.1. The quantitative estimate of drug-likeness (QED) is 0.298. The van der Waals surface area contributed by atoms with Gasteiger partial charge < -0.3 is 53.4 Å². The molecule has 12 heteroatoms. The van der Waals surface area contributed by atoms with Crippen LogP contribution in [0.15, 0.2) is 0 Å². The topological polar surface area (TPSA) is 146 Å². The molecule has 4 saturated heterocycles. The van der Waals surface area contributed by atoms with Gasteiger partial charge in [-0.15, -0.1) is 0 Å². The van der Waals surface area contributed by atoms with Crippen molar-refractivity contribution in [1.82, 2.24) is 4.90 Å². The van der Waals surface area contributed by atoms with Gasteiger partial charge in [-0.05, 0) is 80.8 Å². The zero-order valence-corrected chi connectivity index (χ0v) is 33.1. The van der Waals surface area contributed by atoms with E-state index in [1.54, 1.807) is 27.9 Å². The monoisotopic (exact) mass is 715 g/mol. The zero-order valence-electron chi connectivity index (χ0n) is 33.1. The average Bonchev–Trinajstić information content (AvgIpc) is 3.36. The summed E-state index contributed by atoms with van der Waals surface area (Å²) in [5.41, 5.74) is -3.54. The average molecular weight is 716 g/mol. The molecule has 4 aliphatic heterocycles. The van der Waals surface area contributed by atoms with Gasteiger partial charge in [-0.3, -0.25) is 4.79 Å². The Morgan fingerprint density at radius 3 is 2.22 bits per heavy atom. The maximum absolute atomic E-state index is 14.3. The lowest BCUT2D eigenvalue weighted by atomic mass is 9.76. The maximum atomic E-state index is 14.3. The van der Waals surface area contributed by atoms with Crippen molar-refractivity contribution < 1.29 is 53.3 Å². The Kier molecular flexibility index (Phi) is 13.2. The molecule has 2 bridgehead atoms. The molecule has 0 aromatic heterocycles. The predicted molar refractivity (Wildman–Crippen MR) is 187 cm³/mol. The molecule has 0 aromatic rings. The van der Waals surface area contributed by atoms with Gasteiger partial charge >= 0.3 is 5.97 Å². The van der Waals surface area contributed by atoms with Crippen LogP contribution in [0.4, 0.5) is 0 Å². The minimum Gasteiger partial charge on any atom is -0.459 e. The molecule has 0 aliphatic carbocycles. The molecule has 0 saturated carbocycles. The molecule has 4 aliphatic rings. The molecule has 292 valence electrons. The Hall–Kier alpha value is -0.930. The Bertz CT molecular complexity index is 1140. The molecule has 4 rings (SSSR count). The van der Waals surface area contributed by atoms with Crippen molar-refractivity contribution >= 4 is 5.97 Å². The van der Waals surface area contributed by atoms with Crippen LogP contribution in [0.5, 0.6) is 0 Å². The number of carbonyl (C=O) groups is 1. The molecular weight excluding hydrogens is 646 g/mol. The summed E-state index contributed by atoms with van der Waals surface area (Å²) in [6.45, 7) is 21.0. The van der Waals surface area contributed by atoms with Crippen LogP contribution in [0.1, 0.15) is 102 Å². The van der Waals surface area contributed by atoms with E-state index in [9.17, 15) is 20.1 Å². The molecule has 0 amide bonds. The summed E-state index contributed by atoms with van der Waals surface area (Å²) >= 11 is 0. The van der Waals surface area contributed by atoms with Crippen molar-refractivity contribution in [2.75, 3.05) is 21.2 Å². The highest BCUT2D eigenvalue weighted by molar-refractivity contribution is 5.73. The van der Waals surface area contributed by atoms with E-state index in [1.165, 1.54) is 6.92 Å². The number of nitrogens with zero attached hydrogens (tertiary/aromatic N) is 1. The zero-order chi connectivity index (χ0) is 37.7. The molecule has 50 heavy (non-hydrogen) atoms. The first-order valence-corrected chi connectivity index (χ1v) is 18.9. The molecule has 0 radical (unpaired) electrons. The third kappa shape index (κ3) is 8.10. The third-order valence-corrected chi connectivity index (χ3v) is 12.7. The van der Waals surface area contributed by atoms with E-state index in [4.69, 9.17) is 33.2 Å². The molecule has 19 atom stereocenters. The molecule has 4 heterocycles. The van der Waals surface area contributed by atoms with Crippen LogP contribution in [0.25, 0.3) is 0 Å². The van der Waals surface area contributed by atoms with E-state index in [-0.39, 0.29) is 36.8 Å². The third-order valence-electron chi connectivity index (χ3n) is 12.7. The standard InChI is InChI=1S/C38H69NO11/c1-15-27(40)38(11,43)33-22(5)29-19(2)17-37(10,50-29)32(49-35-21(4)26(39(12)13)16-20(3)45-35)23(6)30(24(7)34(42)48-33)47-28-18-36(9,44-14)31(41)25(8)46-28/h19-33,35,40-41,43H,15-18H2,1-14H3/t19?,20?,21?,22-,23-,24+,25?,26?,27+,28-,29?,30-,31-,32+,33+,35-,36?,37+,38+/m0/s1. The highest BCUT2D eigenvalue weighted by atomic mass is 16.7. The molecular formula is C38H69NO11. The van der Waals surface area contributed by atoms with Gasteiger partial charge in [0.1, 0.15) is 17.8 Å². The number of rotatable bonds is 9. The minimum absolute atomic E-state index is 0.00450. The van der Waals surface area contributed by atoms with Gasteiger partial charge in [0.25, 0.3) is 0 Å². The van der Waals surface area contributed by atoms with Gasteiger partial charge in [0, 0.05) is 37.3 Å². The first kappa shape index (κ1) is 41.8. The van der Waals surface area contributed by atoms with Crippen molar-refractivity contribution in [3.63, 3.8) is 0 Å². The van der Waals surface area contributed by atoms with Gasteiger partial charge in [-0.25, -0.2) is 0 Å². The number of cyclic esters (lactones) is 1. The molecule has 7 unspecified atom stereocenters. The largest absolute Gasteiger partial charge is 0.459 e. The lowest BCUT2D eigenvalue weighted by Crippen LogP contribution is -2.59. The fourth-order valence-corrected chi connectivity index (χ4v) is 9.53. The summed E-state index contributed by atoms with van der Waals surface area (Å²) < 4.78 is 45.8. The van der Waals surface area contributed by atoms with Gasteiger partial charge in [0.05, 0.1) is 53.7 Å². The fraction of sp³-hybridized carbons (Fsp3) is 0.974. The highest BCUT2D eigenvalue weighted by Crippen LogP contribution is 2.49. The molecule has 3 N–H and O–H groups in total. The second kappa shape index (κ2) is 15.8. The molecule has 12 nitrogen and oxygen atoms in total. The number of esters is 1. The minimum atomic E-state index is -1.75. The van der Waals surface area contributed by atoms with Crippen molar-refractivity contribution in [3.8, 4) is 0 Å². The van der Waals surface area contributed by atoms with Crippen LogP contribution in [-0.2, 0) is 38.0 Å². The van der Waals surface area contributed by atoms with E-state index in [0.29, 0.717) is 6.42 Å². The van der Waals surface area contributed by atoms with E-state index in [2.05, 4.69) is 46.7 Å². The summed E-state index contributed by atoms with van der Waals surface area (Å²) in [4.78, 5) is 16.5. The first-order valence-electron chi connectivity index (χ1n) is 18.9. The first-order chi connectivity index (χ1) is 23.1. The fourth-order valence-electron chi connectivity index (χ4n) is 9.53. The van der Waals surface area contributed by atoms with E-state index >= 15 is 0 Å². The van der Waals surface area contributed by atoms with Crippen LogP contribution >= 0.6 is 0 Å². The van der Waals surface area contributed by atoms with Crippen LogP contribution in [0, 0.1) is 29.6 Å². The molecule has 0 aromatic carbocycles. The van der Waals surface area contributed by atoms with Crippen LogP contribution < -0.4 is 0 Å². The molecule has 0 spiro atoms. The number of fused-ring (bicyclic) bond motifs is 2. The number of methoxy groups -OCH3 is 1. The smallest absolute Gasteiger partial charge is 0.311 e. The van der Waals surface area contributed by atoms with Gasteiger partial charge in [-0.2, -0.15) is 0 Å². The van der Waals surface area contributed by atoms with Crippen LogP contribution in [0.3, 0.4) is 0 Å². The van der Waals surface area contributed by atoms with Crippen molar-refractivity contribution in [3.05, 3.63) is 0 Å². The summed E-state index contributed by atoms with van der Waals surface area (Å²) in [7, 11) is 5.71. The Labute approximate surface area is 300 Å². The lowest BCUT2D eigenvalue weighted by molar-refractivity contribution is -0.313. The van der Waals surface area contributed by atoms with E-state index in [0.717, 1.165) is 6.42 Å². The van der Waals surface area contributed by atoms with Crippen molar-refractivity contribution in [2.24, 2.45) is 29.6 Å². The van der Waals surface area contributed by atoms with Gasteiger partial charge in [0.15, 0.2) is 12.6 Å². The normalized spacial score (nSPS) is 49.6. The predicted octanol–water partition coefficient (Wildman–Crippen LogP) is 3.90. The maximum Gasteiger partial charge on any atom is 0.311 e. The van der Waals surface area contributed by atoms with Crippen LogP contribution in [-0.4, -0.2) is 132 Å². The summed E-state index contributed by atoms with van der Waals surface area (Å²) in [6.07, 6.45) is -4.91. The van der Waals surface area contributed by atoms with Crippen molar-refractivity contribution in [2.45, 2.75) is 186 Å². The number of hydrogen-bond donors (Lipinski definition) is 3. The Balaban J connectivity index is 1.82. The number of carbonyl (C=O) groups excluding carboxylic acids is 1. The summed E-state index contributed by atoms with van der Waals surface area (Å²) in [5, 5.41) is 33.7. The SMILES string of the molecule is CC[C@@H](O)[C@@](C)(O)[C@@H]1OC(=O)[C@H](C)[C@@H](O[C@H]2CC(C)(OC)[C@@H](O)C(C)O2)[C@H](C)[C@@H](O[C@@H]2OC(C)CC(N(C)C)C2C)[C@@]2(C)CC(C)C(O2)[C@@H]1C. The Morgan fingerprint density at radius 2 is 1.64 bits per heavy atom. The number of aliphatic hydroxyl groups is 3. The van der Waals surface area contributed by atoms with E-state index in [1.807, 2.05) is 20.8 Å². The summed E-state index contributed by atoms with van der Waals surface area (Å²) in [5.74, 6) is -2.30. The number of ether oxygens (including phenoxy) is 7. The Morgan fingerprint density at radius 1 is 1.00 bits per heavy atom. The second-order valence-corrected chi connectivity index (χ2v) is 17.1. The highest BCUT2D eigenvalue weighted by Gasteiger charge is 2.58. The van der Waals surface area contributed by atoms with Gasteiger partial charge in [-0.1, -0.05) is 34.6 Å². The number of hydrogen-bond acceptors (Lipinski definition) is 12. The van der Waals surface area contributed by atoms with Crippen molar-refractivity contribution in [1.29, 1.82) is 0 Å².